The van der Waals surface area contributed by atoms with Crippen LogP contribution in [0.5, 0.6) is 5.75 Å². The molecule has 0 aliphatic carbocycles. The summed E-state index contributed by atoms with van der Waals surface area (Å²) in [6.07, 6.45) is 0.0560. The van der Waals surface area contributed by atoms with Gasteiger partial charge in [0.25, 0.3) is 0 Å². The second kappa shape index (κ2) is 10.1. The number of benzene rings is 2. The van der Waals surface area contributed by atoms with Gasteiger partial charge in [0.15, 0.2) is 5.17 Å². The number of hydrogen-bond donors (Lipinski definition) is 1. The fourth-order valence-corrected chi connectivity index (χ4v) is 4.97. The summed E-state index contributed by atoms with van der Waals surface area (Å²) in [6, 6.07) is 12.9. The van der Waals surface area contributed by atoms with E-state index in [2.05, 4.69) is 10.3 Å². The van der Waals surface area contributed by atoms with Crippen LogP contribution in [-0.4, -0.2) is 36.2 Å². The Labute approximate surface area is 201 Å². The topological polar surface area (TPSA) is 80.2 Å². The predicted molar refractivity (Wildman–Crippen MR) is 128 cm³/mol. The first-order valence-electron chi connectivity index (χ1n) is 10.6. The third kappa shape index (κ3) is 4.70. The Morgan fingerprint density at radius 1 is 1.18 bits per heavy atom. The van der Waals surface area contributed by atoms with Gasteiger partial charge < -0.3 is 19.7 Å². The second-order valence-electron chi connectivity index (χ2n) is 7.71. The number of methoxy groups -OCH3 is 2. The van der Waals surface area contributed by atoms with Crippen molar-refractivity contribution < 1.29 is 23.5 Å². The average Bonchev–Trinajstić information content (AvgIpc) is 3.23. The van der Waals surface area contributed by atoms with Gasteiger partial charge in [0.05, 0.1) is 38.0 Å². The molecule has 0 saturated heterocycles. The maximum atomic E-state index is 13.4. The summed E-state index contributed by atoms with van der Waals surface area (Å²) in [5, 5.41) is 5.35. The number of thioether (sulfide) groups is 1. The van der Waals surface area contributed by atoms with E-state index in [1.807, 2.05) is 34.6 Å². The number of hydrogen-bond acceptors (Lipinski definition) is 7. The Hall–Kier alpha value is -3.59. The van der Waals surface area contributed by atoms with Crippen molar-refractivity contribution in [2.75, 3.05) is 14.2 Å². The van der Waals surface area contributed by atoms with E-state index in [4.69, 9.17) is 9.47 Å². The van der Waals surface area contributed by atoms with Crippen LogP contribution in [0, 0.1) is 5.82 Å². The van der Waals surface area contributed by atoms with Crippen LogP contribution in [0.4, 0.5) is 4.39 Å². The van der Waals surface area contributed by atoms with E-state index in [9.17, 15) is 14.0 Å². The molecule has 34 heavy (non-hydrogen) atoms. The molecule has 7 nitrogen and oxygen atoms in total. The van der Waals surface area contributed by atoms with Gasteiger partial charge in [-0.25, -0.2) is 14.2 Å². The number of amides is 1. The van der Waals surface area contributed by atoms with Crippen LogP contribution in [-0.2, 0) is 20.9 Å². The summed E-state index contributed by atoms with van der Waals surface area (Å²) in [6.45, 7) is 1.98. The second-order valence-corrected chi connectivity index (χ2v) is 8.55. The molecule has 9 heteroatoms. The Morgan fingerprint density at radius 2 is 1.97 bits per heavy atom. The van der Waals surface area contributed by atoms with Gasteiger partial charge in [-0.1, -0.05) is 42.1 Å². The maximum Gasteiger partial charge on any atom is 0.338 e. The third-order valence-electron chi connectivity index (χ3n) is 5.56. The number of allylic oxidation sites excluding steroid dienone is 1. The van der Waals surface area contributed by atoms with Crippen LogP contribution in [0.1, 0.15) is 30.5 Å². The van der Waals surface area contributed by atoms with Crippen molar-refractivity contribution in [3.63, 3.8) is 0 Å². The van der Waals surface area contributed by atoms with Crippen molar-refractivity contribution in [2.24, 2.45) is 4.99 Å². The molecule has 2 aliphatic heterocycles. The first-order chi connectivity index (χ1) is 16.4. The first-order valence-corrected chi connectivity index (χ1v) is 11.5. The van der Waals surface area contributed by atoms with Gasteiger partial charge in [0, 0.05) is 17.8 Å². The molecule has 2 heterocycles. The van der Waals surface area contributed by atoms with Crippen LogP contribution in [0.2, 0.25) is 0 Å². The Balaban J connectivity index is 1.62. The van der Waals surface area contributed by atoms with E-state index in [0.717, 1.165) is 5.56 Å². The molecule has 2 aliphatic rings. The Bertz CT molecular complexity index is 1220. The third-order valence-corrected chi connectivity index (χ3v) is 6.45. The van der Waals surface area contributed by atoms with Crippen LogP contribution in [0.3, 0.4) is 0 Å². The molecule has 0 saturated carbocycles. The van der Waals surface area contributed by atoms with Crippen LogP contribution in [0.25, 0.3) is 0 Å². The number of para-hydroxylation sites is 1. The normalized spacial score (nSPS) is 17.1. The zero-order valence-corrected chi connectivity index (χ0v) is 19.8. The molecule has 2 aromatic rings. The smallest absolute Gasteiger partial charge is 0.338 e. The summed E-state index contributed by atoms with van der Waals surface area (Å²) < 4.78 is 24.1. The van der Waals surface area contributed by atoms with E-state index in [1.165, 1.54) is 31.0 Å². The SMILES string of the molecule is COC(=O)C1=C(C)N=C2SC=C(CC(=O)NCc3cccc(F)c3)N2[C@@H]1c1ccccc1OC. The Morgan fingerprint density at radius 3 is 2.71 bits per heavy atom. The van der Waals surface area contributed by atoms with Crippen molar-refractivity contribution in [3.8, 4) is 5.75 Å². The summed E-state index contributed by atoms with van der Waals surface area (Å²) in [4.78, 5) is 32.1. The number of nitrogens with one attached hydrogen (secondary N) is 1. The lowest BCUT2D eigenvalue weighted by molar-refractivity contribution is -0.136. The average molecular weight is 482 g/mol. The van der Waals surface area contributed by atoms with Gasteiger partial charge in [-0.2, -0.15) is 0 Å². The molecule has 1 N–H and O–H groups in total. The number of halogens is 1. The number of aliphatic imine (C=N–C) groups is 1. The summed E-state index contributed by atoms with van der Waals surface area (Å²) in [7, 11) is 2.90. The molecule has 0 spiro atoms. The molecule has 0 aromatic heterocycles. The van der Waals surface area contributed by atoms with Crippen molar-refractivity contribution in [1.82, 2.24) is 10.2 Å². The summed E-state index contributed by atoms with van der Waals surface area (Å²) in [5.41, 5.74) is 3.04. The molecular formula is C25H24FN3O4S. The summed E-state index contributed by atoms with van der Waals surface area (Å²) in [5.74, 6) is -0.479. The van der Waals surface area contributed by atoms with Gasteiger partial charge in [-0.15, -0.1) is 0 Å². The monoisotopic (exact) mass is 481 g/mol. The zero-order chi connectivity index (χ0) is 24.2. The minimum absolute atomic E-state index is 0.0560. The molecule has 176 valence electrons. The number of amidine groups is 1. The van der Waals surface area contributed by atoms with E-state index in [-0.39, 0.29) is 24.7 Å². The number of rotatable bonds is 7. The van der Waals surface area contributed by atoms with Gasteiger partial charge in [-0.3, -0.25) is 4.79 Å². The van der Waals surface area contributed by atoms with E-state index in [1.54, 1.807) is 26.2 Å². The fraction of sp³-hybridized carbons (Fsp3) is 0.240. The van der Waals surface area contributed by atoms with E-state index in [0.29, 0.717) is 33.4 Å². The largest absolute Gasteiger partial charge is 0.496 e. The van der Waals surface area contributed by atoms with Gasteiger partial charge in [0.2, 0.25) is 5.91 Å². The van der Waals surface area contributed by atoms with Crippen LogP contribution < -0.4 is 10.1 Å². The lowest BCUT2D eigenvalue weighted by Gasteiger charge is -2.36. The fourth-order valence-electron chi connectivity index (χ4n) is 4.00. The number of fused-ring (bicyclic) bond motifs is 1. The van der Waals surface area contributed by atoms with Gasteiger partial charge >= 0.3 is 5.97 Å². The standard InChI is InChI=1S/C25H24FN3O4S/c1-15-22(24(31)33-3)23(19-9-4-5-10-20(19)32-2)29-18(14-34-25(29)28-15)12-21(30)27-13-16-7-6-8-17(26)11-16/h4-11,14,23H,12-13H2,1-3H3,(H,27,30)/t23-/m1/s1. The molecule has 0 bridgehead atoms. The highest BCUT2D eigenvalue weighted by Crippen LogP contribution is 2.46. The molecule has 0 unspecified atom stereocenters. The zero-order valence-electron chi connectivity index (χ0n) is 19.0. The van der Waals surface area contributed by atoms with E-state index >= 15 is 0 Å². The molecule has 4 rings (SSSR count). The molecule has 2 aromatic carbocycles. The highest BCUT2D eigenvalue weighted by atomic mass is 32.2. The maximum absolute atomic E-state index is 13.4. The molecule has 0 fully saturated rings. The minimum Gasteiger partial charge on any atom is -0.496 e. The highest BCUT2D eigenvalue weighted by molar-refractivity contribution is 8.16. The molecule has 1 amide bonds. The quantitative estimate of drug-likeness (QED) is 0.595. The van der Waals surface area contributed by atoms with Crippen molar-refractivity contribution in [1.29, 1.82) is 0 Å². The predicted octanol–water partition coefficient (Wildman–Crippen LogP) is 4.29. The van der Waals surface area contributed by atoms with E-state index < -0.39 is 12.0 Å². The van der Waals surface area contributed by atoms with Crippen molar-refractivity contribution in [2.45, 2.75) is 25.9 Å². The van der Waals surface area contributed by atoms with Gasteiger partial charge in [0.1, 0.15) is 11.6 Å². The number of carbonyl (C=O) groups excluding carboxylic acids is 2. The molecular weight excluding hydrogens is 457 g/mol. The Kier molecular flexibility index (Phi) is 7.02. The highest BCUT2D eigenvalue weighted by Gasteiger charge is 2.42. The molecule has 0 radical (unpaired) electrons. The van der Waals surface area contributed by atoms with Gasteiger partial charge in [-0.05, 0) is 36.1 Å². The summed E-state index contributed by atoms with van der Waals surface area (Å²) >= 11 is 1.39. The first kappa shape index (κ1) is 23.6. The number of ether oxygens (including phenoxy) is 2. The van der Waals surface area contributed by atoms with Crippen molar-refractivity contribution in [3.05, 3.63) is 87.9 Å². The number of carbonyl (C=O) groups is 2. The van der Waals surface area contributed by atoms with Crippen LogP contribution >= 0.6 is 11.8 Å². The number of esters is 1. The minimum atomic E-state index is -0.576. The van der Waals surface area contributed by atoms with Crippen LogP contribution in [0.15, 0.2) is 75.9 Å². The van der Waals surface area contributed by atoms with Crippen molar-refractivity contribution >= 4 is 28.8 Å². The number of nitrogens with zero attached hydrogens (tertiary/aromatic N) is 2. The lowest BCUT2D eigenvalue weighted by atomic mass is 9.93. The lowest BCUT2D eigenvalue weighted by Crippen LogP contribution is -2.38. The molecule has 1 atom stereocenters.